The van der Waals surface area contributed by atoms with Gasteiger partial charge in [0, 0.05) is 25.3 Å². The van der Waals surface area contributed by atoms with E-state index in [0.29, 0.717) is 23.8 Å². The summed E-state index contributed by atoms with van der Waals surface area (Å²) in [6.45, 7) is 2.14. The van der Waals surface area contributed by atoms with Gasteiger partial charge < -0.3 is 9.72 Å². The Morgan fingerprint density at radius 2 is 1.86 bits per heavy atom. The normalized spacial score (nSPS) is 14.8. The van der Waals surface area contributed by atoms with Crippen LogP contribution in [0.5, 0.6) is 0 Å². The largest absolute Gasteiger partial charge is 0.381 e. The summed E-state index contributed by atoms with van der Waals surface area (Å²) in [6.07, 6.45) is 7.06. The number of halogens is 1. The number of rotatable bonds is 4. The summed E-state index contributed by atoms with van der Waals surface area (Å²) in [5.74, 6) is 0.421. The second kappa shape index (κ2) is 8.18. The Labute approximate surface area is 172 Å². The Morgan fingerprint density at radius 1 is 1.10 bits per heavy atom. The summed E-state index contributed by atoms with van der Waals surface area (Å²) in [6, 6.07) is 8.03. The Hall–Kier alpha value is -2.97. The van der Waals surface area contributed by atoms with Crippen LogP contribution in [0.2, 0.25) is 0 Å². The highest BCUT2D eigenvalue weighted by molar-refractivity contribution is 5.85. The highest BCUT2D eigenvalue weighted by atomic mass is 35.5. The molecule has 1 aromatic carbocycles. The molecule has 8 nitrogen and oxygen atoms in total. The van der Waals surface area contributed by atoms with E-state index in [0.717, 1.165) is 48.6 Å². The third kappa shape index (κ3) is 3.81. The lowest BCUT2D eigenvalue weighted by Gasteiger charge is -2.21. The minimum Gasteiger partial charge on any atom is -0.381 e. The average Bonchev–Trinajstić information content (AvgIpc) is 3.38. The Morgan fingerprint density at radius 3 is 2.59 bits per heavy atom. The van der Waals surface area contributed by atoms with E-state index in [1.165, 1.54) is 0 Å². The molecule has 9 heteroatoms. The lowest BCUT2D eigenvalue weighted by atomic mass is 10.0. The van der Waals surface area contributed by atoms with Gasteiger partial charge >= 0.3 is 5.69 Å². The smallest absolute Gasteiger partial charge is 0.328 e. The molecule has 0 radical (unpaired) electrons. The second-order valence-corrected chi connectivity index (χ2v) is 7.07. The first-order valence-corrected chi connectivity index (χ1v) is 9.40. The van der Waals surface area contributed by atoms with E-state index in [-0.39, 0.29) is 18.1 Å². The van der Waals surface area contributed by atoms with E-state index in [9.17, 15) is 4.79 Å². The zero-order valence-corrected chi connectivity index (χ0v) is 16.5. The fourth-order valence-electron chi connectivity index (χ4n) is 3.65. The summed E-state index contributed by atoms with van der Waals surface area (Å²) in [4.78, 5) is 31.6. The second-order valence-electron chi connectivity index (χ2n) is 7.07. The molecule has 0 amide bonds. The van der Waals surface area contributed by atoms with Gasteiger partial charge in [-0.1, -0.05) is 24.3 Å². The van der Waals surface area contributed by atoms with Crippen molar-refractivity contribution in [2.45, 2.75) is 19.4 Å². The molecule has 0 spiro atoms. The predicted octanol–water partition coefficient (Wildman–Crippen LogP) is 3.03. The van der Waals surface area contributed by atoms with Crippen molar-refractivity contribution < 1.29 is 4.74 Å². The number of ether oxygens (including phenoxy) is 1. The molecule has 1 saturated heterocycles. The summed E-state index contributed by atoms with van der Waals surface area (Å²) in [7, 11) is 0. The minimum atomic E-state index is -0.159. The summed E-state index contributed by atoms with van der Waals surface area (Å²) < 4.78 is 7.13. The maximum Gasteiger partial charge on any atom is 0.328 e. The number of hydrogen-bond acceptors (Lipinski definition) is 5. The summed E-state index contributed by atoms with van der Waals surface area (Å²) >= 11 is 0. The van der Waals surface area contributed by atoms with Crippen molar-refractivity contribution in [1.29, 1.82) is 0 Å². The molecule has 29 heavy (non-hydrogen) atoms. The third-order valence-electron chi connectivity index (χ3n) is 5.25. The first-order valence-electron chi connectivity index (χ1n) is 9.40. The molecule has 3 aromatic heterocycles. The van der Waals surface area contributed by atoms with Crippen LogP contribution in [0.25, 0.3) is 33.8 Å². The van der Waals surface area contributed by atoms with Gasteiger partial charge in [-0.3, -0.25) is 9.55 Å². The van der Waals surface area contributed by atoms with Gasteiger partial charge in [-0.2, -0.15) is 0 Å². The summed E-state index contributed by atoms with van der Waals surface area (Å²) in [5.41, 5.74) is 4.67. The van der Waals surface area contributed by atoms with Gasteiger partial charge in [0.2, 0.25) is 0 Å². The molecule has 150 valence electrons. The van der Waals surface area contributed by atoms with Crippen LogP contribution in [0.3, 0.4) is 0 Å². The van der Waals surface area contributed by atoms with Crippen LogP contribution in [0.1, 0.15) is 12.8 Å². The first-order chi connectivity index (χ1) is 13.8. The molecule has 0 saturated carbocycles. The molecule has 0 bridgehead atoms. The van der Waals surface area contributed by atoms with E-state index in [1.807, 2.05) is 24.3 Å². The quantitative estimate of drug-likeness (QED) is 0.536. The number of nitrogens with one attached hydrogen (secondary N) is 2. The van der Waals surface area contributed by atoms with Crippen molar-refractivity contribution in [2.75, 3.05) is 13.2 Å². The van der Waals surface area contributed by atoms with E-state index in [2.05, 4.69) is 19.9 Å². The maximum atomic E-state index is 12.4. The fraction of sp³-hybridized carbons (Fsp3) is 0.300. The average molecular weight is 413 g/mol. The molecular formula is C20H21ClN6O2. The molecule has 0 atom stereocenters. The van der Waals surface area contributed by atoms with Gasteiger partial charge in [0.25, 0.3) is 0 Å². The van der Waals surface area contributed by atoms with E-state index in [4.69, 9.17) is 9.72 Å². The predicted molar refractivity (Wildman–Crippen MR) is 112 cm³/mol. The number of aromatic nitrogens is 6. The SMILES string of the molecule is Cl.O=c1[nH]c2ncc(-c3ccc(-c4cnc[nH]4)cc3)nc2n1CC1CCOCC1. The zero-order valence-electron chi connectivity index (χ0n) is 15.7. The number of nitrogens with zero attached hydrogens (tertiary/aromatic N) is 4. The van der Waals surface area contributed by atoms with Gasteiger partial charge in [-0.25, -0.2) is 19.7 Å². The van der Waals surface area contributed by atoms with Crippen LogP contribution >= 0.6 is 12.4 Å². The van der Waals surface area contributed by atoms with Crippen LogP contribution in [-0.4, -0.2) is 42.7 Å². The van der Waals surface area contributed by atoms with Crippen molar-refractivity contribution >= 4 is 23.7 Å². The maximum absolute atomic E-state index is 12.4. The van der Waals surface area contributed by atoms with Crippen LogP contribution in [0.15, 0.2) is 47.8 Å². The van der Waals surface area contributed by atoms with Gasteiger partial charge in [0.05, 0.1) is 30.1 Å². The number of benzene rings is 1. The van der Waals surface area contributed by atoms with E-state index >= 15 is 0 Å². The molecule has 0 unspecified atom stereocenters. The lowest BCUT2D eigenvalue weighted by molar-refractivity contribution is 0.0613. The number of imidazole rings is 2. The number of aromatic amines is 2. The van der Waals surface area contributed by atoms with E-state index < -0.39 is 0 Å². The highest BCUT2D eigenvalue weighted by Crippen LogP contribution is 2.23. The first kappa shape index (κ1) is 19.4. The summed E-state index contributed by atoms with van der Waals surface area (Å²) in [5, 5.41) is 0. The van der Waals surface area contributed by atoms with E-state index in [1.54, 1.807) is 23.3 Å². The van der Waals surface area contributed by atoms with Crippen molar-refractivity contribution in [3.05, 3.63) is 53.5 Å². The molecule has 1 fully saturated rings. The van der Waals surface area contributed by atoms with Gasteiger partial charge in [-0.15, -0.1) is 12.4 Å². The van der Waals surface area contributed by atoms with Crippen LogP contribution in [0.4, 0.5) is 0 Å². The molecule has 2 N–H and O–H groups in total. The van der Waals surface area contributed by atoms with Crippen LogP contribution in [-0.2, 0) is 11.3 Å². The topological polar surface area (TPSA) is 101 Å². The van der Waals surface area contributed by atoms with Crippen molar-refractivity contribution in [3.8, 4) is 22.5 Å². The number of H-pyrrole nitrogens is 2. The molecule has 1 aliphatic heterocycles. The molecular weight excluding hydrogens is 392 g/mol. The van der Waals surface area contributed by atoms with Crippen LogP contribution < -0.4 is 5.69 Å². The number of fused-ring (bicyclic) bond motifs is 1. The number of hydrogen-bond donors (Lipinski definition) is 2. The van der Waals surface area contributed by atoms with Gasteiger partial charge in [0.15, 0.2) is 11.3 Å². The van der Waals surface area contributed by atoms with Crippen molar-refractivity contribution in [1.82, 2.24) is 29.5 Å². The fourth-order valence-corrected chi connectivity index (χ4v) is 3.65. The van der Waals surface area contributed by atoms with Gasteiger partial charge in [-0.05, 0) is 24.3 Å². The highest BCUT2D eigenvalue weighted by Gasteiger charge is 2.18. The molecule has 4 aromatic rings. The van der Waals surface area contributed by atoms with Crippen molar-refractivity contribution in [2.24, 2.45) is 5.92 Å². The molecule has 0 aliphatic carbocycles. The van der Waals surface area contributed by atoms with Crippen LogP contribution in [0, 0.1) is 5.92 Å². The Balaban J connectivity index is 0.00000205. The molecule has 1 aliphatic rings. The monoisotopic (exact) mass is 412 g/mol. The van der Waals surface area contributed by atoms with Gasteiger partial charge in [0.1, 0.15) is 0 Å². The Kier molecular flexibility index (Phi) is 5.46. The Bertz CT molecular complexity index is 1140. The zero-order chi connectivity index (χ0) is 18.9. The lowest BCUT2D eigenvalue weighted by Crippen LogP contribution is -2.26. The van der Waals surface area contributed by atoms with Crippen molar-refractivity contribution in [3.63, 3.8) is 0 Å². The molecule has 5 rings (SSSR count). The minimum absolute atomic E-state index is 0. The third-order valence-corrected chi connectivity index (χ3v) is 5.25. The molecule has 4 heterocycles. The standard InChI is InChI=1S/C20H20N6O2.ClH/c27-20-25-18-19(26(20)11-13-5-7-28-8-6-13)24-17(10-22-18)15-3-1-14(2-4-15)16-9-21-12-23-16;/h1-4,9-10,12-13H,5-8,11H2,(H,21,23)(H,22,25,27);1H.